The number of aliphatic carboxylic acids is 1. The summed E-state index contributed by atoms with van der Waals surface area (Å²) in [6, 6.07) is 0. The lowest BCUT2D eigenvalue weighted by molar-refractivity contribution is -0.140. The lowest BCUT2D eigenvalue weighted by Crippen LogP contribution is -2.21. The first-order valence-electron chi connectivity index (χ1n) is 4.80. The molecule has 0 saturated carbocycles. The third-order valence-electron chi connectivity index (χ3n) is 2.25. The van der Waals surface area contributed by atoms with Gasteiger partial charge < -0.3 is 19.3 Å². The summed E-state index contributed by atoms with van der Waals surface area (Å²) in [5.74, 6) is -0.827. The van der Waals surface area contributed by atoms with Gasteiger partial charge in [-0.3, -0.25) is 4.79 Å². The van der Waals surface area contributed by atoms with Crippen molar-refractivity contribution in [2.24, 2.45) is 0 Å². The van der Waals surface area contributed by atoms with Gasteiger partial charge in [0.1, 0.15) is 6.10 Å². The van der Waals surface area contributed by atoms with Crippen LogP contribution in [0.2, 0.25) is 0 Å². The van der Waals surface area contributed by atoms with Crippen LogP contribution in [-0.2, 0) is 19.0 Å². The maximum Gasteiger partial charge on any atom is 0.305 e. The van der Waals surface area contributed by atoms with Crippen LogP contribution in [0.3, 0.4) is 0 Å². The normalized spacial score (nSPS) is 31.1. The van der Waals surface area contributed by atoms with E-state index in [9.17, 15) is 4.79 Å². The second kappa shape index (κ2) is 4.25. The average molecular weight is 202 g/mol. The van der Waals surface area contributed by atoms with E-state index in [2.05, 4.69) is 0 Å². The van der Waals surface area contributed by atoms with E-state index in [0.717, 1.165) is 13.2 Å². The molecule has 3 unspecified atom stereocenters. The van der Waals surface area contributed by atoms with Crippen LogP contribution in [0.15, 0.2) is 0 Å². The number of ether oxygens (including phenoxy) is 3. The Morgan fingerprint density at radius 3 is 2.57 bits per heavy atom. The first-order chi connectivity index (χ1) is 6.74. The molecule has 80 valence electrons. The lowest BCUT2D eigenvalue weighted by atomic mass is 10.1. The summed E-state index contributed by atoms with van der Waals surface area (Å²) in [4.78, 5) is 10.5. The van der Waals surface area contributed by atoms with Crippen LogP contribution >= 0.6 is 0 Å². The smallest absolute Gasteiger partial charge is 0.305 e. The summed E-state index contributed by atoms with van der Waals surface area (Å²) in [6.45, 7) is 1.98. The van der Waals surface area contributed by atoms with Gasteiger partial charge in [-0.1, -0.05) is 0 Å². The summed E-state index contributed by atoms with van der Waals surface area (Å²) in [7, 11) is 0. The largest absolute Gasteiger partial charge is 0.481 e. The van der Waals surface area contributed by atoms with Gasteiger partial charge in [-0.25, -0.2) is 0 Å². The third kappa shape index (κ3) is 3.61. The predicted octanol–water partition coefficient (Wildman–Crippen LogP) is 0.0340. The molecule has 5 heteroatoms. The van der Waals surface area contributed by atoms with Gasteiger partial charge in [0.25, 0.3) is 0 Å². The molecule has 0 radical (unpaired) electrons. The van der Waals surface area contributed by atoms with Crippen LogP contribution in [0.4, 0.5) is 0 Å². The van der Waals surface area contributed by atoms with Crippen molar-refractivity contribution < 1.29 is 24.1 Å². The average Bonchev–Trinajstić information content (AvgIpc) is 2.95. The molecule has 2 aliphatic rings. The number of rotatable bonds is 7. The zero-order valence-corrected chi connectivity index (χ0v) is 7.85. The summed E-state index contributed by atoms with van der Waals surface area (Å²) in [6.07, 6.45) is 0.890. The fourth-order valence-corrected chi connectivity index (χ4v) is 1.31. The Kier molecular flexibility index (Phi) is 3.00. The number of carboxylic acid groups (broad SMARTS) is 1. The molecule has 0 bridgehead atoms. The van der Waals surface area contributed by atoms with Crippen molar-refractivity contribution in [3.8, 4) is 0 Å². The summed E-state index contributed by atoms with van der Waals surface area (Å²) >= 11 is 0. The Hall–Kier alpha value is -0.650. The van der Waals surface area contributed by atoms with Crippen molar-refractivity contribution in [1.29, 1.82) is 0 Å². The number of carbonyl (C=O) groups is 1. The van der Waals surface area contributed by atoms with E-state index in [0.29, 0.717) is 13.0 Å². The van der Waals surface area contributed by atoms with Gasteiger partial charge in [-0.15, -0.1) is 0 Å². The van der Waals surface area contributed by atoms with Crippen molar-refractivity contribution in [2.45, 2.75) is 31.2 Å². The first kappa shape index (κ1) is 9.89. The van der Waals surface area contributed by atoms with Gasteiger partial charge in [0.05, 0.1) is 38.4 Å². The summed E-state index contributed by atoms with van der Waals surface area (Å²) in [5, 5.41) is 8.65. The molecule has 2 heterocycles. The summed E-state index contributed by atoms with van der Waals surface area (Å²) in [5.41, 5.74) is 0. The molecule has 3 atom stereocenters. The number of epoxide rings is 2. The van der Waals surface area contributed by atoms with Crippen LogP contribution < -0.4 is 0 Å². The quantitative estimate of drug-likeness (QED) is 0.590. The van der Waals surface area contributed by atoms with Crippen molar-refractivity contribution in [3.05, 3.63) is 0 Å². The van der Waals surface area contributed by atoms with Crippen molar-refractivity contribution >= 4 is 5.97 Å². The van der Waals surface area contributed by atoms with Gasteiger partial charge in [0, 0.05) is 6.42 Å². The van der Waals surface area contributed by atoms with Crippen LogP contribution in [0, 0.1) is 0 Å². The number of hydrogen-bond donors (Lipinski definition) is 1. The molecular weight excluding hydrogens is 188 g/mol. The van der Waals surface area contributed by atoms with Crippen LogP contribution in [0.25, 0.3) is 0 Å². The molecule has 2 rings (SSSR count). The highest BCUT2D eigenvalue weighted by Crippen LogP contribution is 2.20. The molecule has 2 fully saturated rings. The number of carboxylic acids is 1. The molecule has 2 saturated heterocycles. The Balaban J connectivity index is 1.68. The maximum atomic E-state index is 10.5. The minimum Gasteiger partial charge on any atom is -0.481 e. The minimum atomic E-state index is -0.827. The zero-order chi connectivity index (χ0) is 9.97. The van der Waals surface area contributed by atoms with E-state index in [1.54, 1.807) is 0 Å². The SMILES string of the molecule is O=C(O)CC(CC1CO1)OCC1CO1. The molecule has 1 N–H and O–H groups in total. The second-order valence-corrected chi connectivity index (χ2v) is 3.70. The molecule has 14 heavy (non-hydrogen) atoms. The van der Waals surface area contributed by atoms with E-state index in [-0.39, 0.29) is 24.7 Å². The Morgan fingerprint density at radius 1 is 1.43 bits per heavy atom. The fraction of sp³-hybridized carbons (Fsp3) is 0.889. The van der Waals surface area contributed by atoms with E-state index in [1.807, 2.05) is 0 Å². The monoisotopic (exact) mass is 202 g/mol. The molecule has 5 nitrogen and oxygen atoms in total. The van der Waals surface area contributed by atoms with Gasteiger partial charge >= 0.3 is 5.97 Å². The predicted molar refractivity (Wildman–Crippen MR) is 46.1 cm³/mol. The van der Waals surface area contributed by atoms with Crippen LogP contribution in [-0.4, -0.2) is 49.2 Å². The fourth-order valence-electron chi connectivity index (χ4n) is 1.31. The summed E-state index contributed by atoms with van der Waals surface area (Å²) < 4.78 is 15.5. The minimum absolute atomic E-state index is 0.0482. The third-order valence-corrected chi connectivity index (χ3v) is 2.25. The van der Waals surface area contributed by atoms with Gasteiger partial charge in [0.15, 0.2) is 0 Å². The number of hydrogen-bond acceptors (Lipinski definition) is 4. The van der Waals surface area contributed by atoms with Crippen LogP contribution in [0.5, 0.6) is 0 Å². The highest BCUT2D eigenvalue weighted by atomic mass is 16.6. The molecule has 0 amide bonds. The Labute approximate surface area is 81.9 Å². The topological polar surface area (TPSA) is 71.6 Å². The first-order valence-corrected chi connectivity index (χ1v) is 4.80. The van der Waals surface area contributed by atoms with Gasteiger partial charge in [-0.05, 0) is 0 Å². The van der Waals surface area contributed by atoms with E-state index in [1.165, 1.54) is 0 Å². The highest BCUT2D eigenvalue weighted by molar-refractivity contribution is 5.67. The van der Waals surface area contributed by atoms with Gasteiger partial charge in [-0.2, -0.15) is 0 Å². The van der Waals surface area contributed by atoms with Crippen molar-refractivity contribution in [2.75, 3.05) is 19.8 Å². The van der Waals surface area contributed by atoms with E-state index >= 15 is 0 Å². The standard InChI is InChI=1S/C9H14O5/c10-9(11)2-6(1-7-3-13-7)12-4-8-5-14-8/h6-8H,1-5H2,(H,10,11). The molecule has 0 aromatic heterocycles. The van der Waals surface area contributed by atoms with Gasteiger partial charge in [0.2, 0.25) is 0 Å². The maximum absolute atomic E-state index is 10.5. The van der Waals surface area contributed by atoms with Crippen molar-refractivity contribution in [1.82, 2.24) is 0 Å². The molecule has 0 spiro atoms. The molecule has 2 aliphatic heterocycles. The Bertz CT molecular complexity index is 209. The van der Waals surface area contributed by atoms with Crippen molar-refractivity contribution in [3.63, 3.8) is 0 Å². The molecule has 0 aromatic carbocycles. The lowest BCUT2D eigenvalue weighted by Gasteiger charge is -2.13. The Morgan fingerprint density at radius 2 is 2.07 bits per heavy atom. The van der Waals surface area contributed by atoms with Crippen LogP contribution in [0.1, 0.15) is 12.8 Å². The highest BCUT2D eigenvalue weighted by Gasteiger charge is 2.30. The molecule has 0 aliphatic carbocycles. The molecule has 0 aromatic rings. The molecular formula is C9H14O5. The van der Waals surface area contributed by atoms with E-state index in [4.69, 9.17) is 19.3 Å². The van der Waals surface area contributed by atoms with E-state index < -0.39 is 5.97 Å². The zero-order valence-electron chi connectivity index (χ0n) is 7.85. The second-order valence-electron chi connectivity index (χ2n) is 3.70.